The second-order valence-electron chi connectivity index (χ2n) is 6.80. The lowest BCUT2D eigenvalue weighted by molar-refractivity contribution is -0.141. The third kappa shape index (κ3) is 4.28. The first-order valence-electron chi connectivity index (χ1n) is 8.87. The van der Waals surface area contributed by atoms with Crippen molar-refractivity contribution >= 4 is 5.91 Å². The van der Waals surface area contributed by atoms with Crippen molar-refractivity contribution < 1.29 is 9.53 Å². The number of amides is 1. The molecule has 126 valence electrons. The molecule has 1 aromatic heterocycles. The summed E-state index contributed by atoms with van der Waals surface area (Å²) in [4.78, 5) is 23.4. The quantitative estimate of drug-likeness (QED) is 0.837. The Morgan fingerprint density at radius 2 is 2.09 bits per heavy atom. The minimum atomic E-state index is 0.180. The predicted molar refractivity (Wildman–Crippen MR) is 88.0 cm³/mol. The maximum absolute atomic E-state index is 12.7. The molecule has 1 amide bonds. The molecule has 2 aliphatic rings. The van der Waals surface area contributed by atoms with E-state index in [2.05, 4.69) is 14.9 Å². The molecule has 2 heterocycles. The van der Waals surface area contributed by atoms with E-state index in [1.807, 2.05) is 6.92 Å². The van der Waals surface area contributed by atoms with E-state index in [0.29, 0.717) is 25.0 Å². The van der Waals surface area contributed by atoms with Gasteiger partial charge >= 0.3 is 0 Å². The summed E-state index contributed by atoms with van der Waals surface area (Å²) >= 11 is 0. The number of aryl methyl sites for hydroxylation is 2. The molecule has 0 unspecified atom stereocenters. The molecule has 1 saturated carbocycles. The Kier molecular flexibility index (Phi) is 5.60. The zero-order chi connectivity index (χ0) is 16.1. The van der Waals surface area contributed by atoms with Crippen LogP contribution in [0, 0.1) is 12.8 Å². The summed E-state index contributed by atoms with van der Waals surface area (Å²) in [5, 5.41) is 0. The van der Waals surface area contributed by atoms with Gasteiger partial charge in [0.1, 0.15) is 0 Å². The van der Waals surface area contributed by atoms with E-state index in [0.717, 1.165) is 37.2 Å². The van der Waals surface area contributed by atoms with Gasteiger partial charge in [0.25, 0.3) is 0 Å². The Hall–Kier alpha value is -1.49. The van der Waals surface area contributed by atoms with Crippen LogP contribution in [0.1, 0.15) is 49.9 Å². The van der Waals surface area contributed by atoms with E-state index < -0.39 is 0 Å². The molecular formula is C18H27N3O2. The highest BCUT2D eigenvalue weighted by Gasteiger charge is 2.29. The standard InChI is InChI=1S/C18H27N3O2/c1-14-17(20-9-8-19-14)7-6-16-13-23-11-10-21(16)18(22)12-15-4-2-3-5-15/h8-9,15-16H,2-7,10-13H2,1H3/t16-/m1/s1. The SMILES string of the molecule is Cc1nccnc1CC[C@@H]1COCCN1C(=O)CC1CCCC1. The number of aromatic nitrogens is 2. The smallest absolute Gasteiger partial charge is 0.223 e. The van der Waals surface area contributed by atoms with Gasteiger partial charge in [-0.25, -0.2) is 0 Å². The number of rotatable bonds is 5. The van der Waals surface area contributed by atoms with Gasteiger partial charge < -0.3 is 9.64 Å². The molecule has 5 nitrogen and oxygen atoms in total. The molecule has 1 aromatic rings. The van der Waals surface area contributed by atoms with Crippen LogP contribution in [0.5, 0.6) is 0 Å². The zero-order valence-corrected chi connectivity index (χ0v) is 14.0. The van der Waals surface area contributed by atoms with Crippen molar-refractivity contribution in [1.82, 2.24) is 14.9 Å². The number of morpholine rings is 1. The van der Waals surface area contributed by atoms with Gasteiger partial charge in [0, 0.05) is 25.4 Å². The van der Waals surface area contributed by atoms with Gasteiger partial charge in [0.15, 0.2) is 0 Å². The van der Waals surface area contributed by atoms with Gasteiger partial charge in [-0.1, -0.05) is 12.8 Å². The number of ether oxygens (including phenoxy) is 1. The molecule has 1 aliphatic heterocycles. The Morgan fingerprint density at radius 1 is 1.30 bits per heavy atom. The Balaban J connectivity index is 1.57. The van der Waals surface area contributed by atoms with Crippen LogP contribution in [0.4, 0.5) is 0 Å². The molecule has 0 bridgehead atoms. The molecule has 0 N–H and O–H groups in total. The van der Waals surface area contributed by atoms with Crippen molar-refractivity contribution in [1.29, 1.82) is 0 Å². The number of carbonyl (C=O) groups is 1. The van der Waals surface area contributed by atoms with E-state index in [9.17, 15) is 4.79 Å². The van der Waals surface area contributed by atoms with Gasteiger partial charge in [-0.2, -0.15) is 0 Å². The fourth-order valence-electron chi connectivity index (χ4n) is 3.79. The summed E-state index contributed by atoms with van der Waals surface area (Å²) in [6, 6.07) is 0.180. The van der Waals surface area contributed by atoms with Crippen LogP contribution >= 0.6 is 0 Å². The highest BCUT2D eigenvalue weighted by molar-refractivity contribution is 5.77. The fourth-order valence-corrected chi connectivity index (χ4v) is 3.79. The van der Waals surface area contributed by atoms with Crippen molar-refractivity contribution in [3.05, 3.63) is 23.8 Å². The maximum atomic E-state index is 12.7. The molecule has 3 rings (SSSR count). The summed E-state index contributed by atoms with van der Waals surface area (Å²) in [6.07, 6.45) is 11.0. The van der Waals surface area contributed by atoms with Gasteiger partial charge in [0.05, 0.1) is 30.6 Å². The van der Waals surface area contributed by atoms with Crippen molar-refractivity contribution in [2.24, 2.45) is 5.92 Å². The van der Waals surface area contributed by atoms with E-state index in [1.165, 1.54) is 25.7 Å². The Bertz CT molecular complexity index is 529. The Labute approximate surface area is 138 Å². The van der Waals surface area contributed by atoms with E-state index in [4.69, 9.17) is 4.74 Å². The monoisotopic (exact) mass is 317 g/mol. The second-order valence-corrected chi connectivity index (χ2v) is 6.80. The summed E-state index contributed by atoms with van der Waals surface area (Å²) in [7, 11) is 0. The lowest BCUT2D eigenvalue weighted by Crippen LogP contribution is -2.49. The summed E-state index contributed by atoms with van der Waals surface area (Å²) in [5.74, 6) is 0.925. The summed E-state index contributed by atoms with van der Waals surface area (Å²) in [6.45, 7) is 4.03. The van der Waals surface area contributed by atoms with Crippen molar-refractivity contribution in [2.45, 2.75) is 57.9 Å². The topological polar surface area (TPSA) is 55.3 Å². The number of hydrogen-bond acceptors (Lipinski definition) is 4. The molecular weight excluding hydrogens is 290 g/mol. The van der Waals surface area contributed by atoms with E-state index in [1.54, 1.807) is 12.4 Å². The number of carbonyl (C=O) groups excluding carboxylic acids is 1. The average molecular weight is 317 g/mol. The maximum Gasteiger partial charge on any atom is 0.223 e. The minimum absolute atomic E-state index is 0.180. The third-order valence-electron chi connectivity index (χ3n) is 5.18. The zero-order valence-electron chi connectivity index (χ0n) is 14.0. The Morgan fingerprint density at radius 3 is 2.87 bits per heavy atom. The lowest BCUT2D eigenvalue weighted by Gasteiger charge is -2.36. The van der Waals surface area contributed by atoms with Crippen molar-refractivity contribution in [2.75, 3.05) is 19.8 Å². The molecule has 5 heteroatoms. The van der Waals surface area contributed by atoms with E-state index >= 15 is 0 Å². The van der Waals surface area contributed by atoms with Crippen LogP contribution in [0.2, 0.25) is 0 Å². The van der Waals surface area contributed by atoms with E-state index in [-0.39, 0.29) is 6.04 Å². The highest BCUT2D eigenvalue weighted by atomic mass is 16.5. The summed E-state index contributed by atoms with van der Waals surface area (Å²) in [5.41, 5.74) is 2.01. The third-order valence-corrected chi connectivity index (χ3v) is 5.18. The molecule has 1 aliphatic carbocycles. The molecule has 2 fully saturated rings. The van der Waals surface area contributed by atoms with Gasteiger partial charge in [0.2, 0.25) is 5.91 Å². The molecule has 23 heavy (non-hydrogen) atoms. The van der Waals surface area contributed by atoms with Crippen LogP contribution in [-0.2, 0) is 16.0 Å². The van der Waals surface area contributed by atoms with Gasteiger partial charge in [-0.05, 0) is 38.5 Å². The average Bonchev–Trinajstić information content (AvgIpc) is 3.07. The minimum Gasteiger partial charge on any atom is -0.377 e. The van der Waals surface area contributed by atoms with Crippen molar-refractivity contribution in [3.8, 4) is 0 Å². The van der Waals surface area contributed by atoms with Gasteiger partial charge in [-0.15, -0.1) is 0 Å². The molecule has 1 atom stereocenters. The largest absolute Gasteiger partial charge is 0.377 e. The summed E-state index contributed by atoms with van der Waals surface area (Å²) < 4.78 is 5.62. The van der Waals surface area contributed by atoms with Crippen LogP contribution in [0.15, 0.2) is 12.4 Å². The fraction of sp³-hybridized carbons (Fsp3) is 0.722. The first kappa shape index (κ1) is 16.4. The normalized spacial score (nSPS) is 22.5. The van der Waals surface area contributed by atoms with Crippen molar-refractivity contribution in [3.63, 3.8) is 0 Å². The second kappa shape index (κ2) is 7.86. The van der Waals surface area contributed by atoms with Gasteiger partial charge in [-0.3, -0.25) is 14.8 Å². The van der Waals surface area contributed by atoms with Crippen LogP contribution in [0.3, 0.4) is 0 Å². The molecule has 1 saturated heterocycles. The lowest BCUT2D eigenvalue weighted by atomic mass is 10.0. The first-order chi connectivity index (χ1) is 11.2. The van der Waals surface area contributed by atoms with Crippen LogP contribution < -0.4 is 0 Å². The molecule has 0 aromatic carbocycles. The molecule has 0 spiro atoms. The molecule has 0 radical (unpaired) electrons. The van der Waals surface area contributed by atoms with Crippen LogP contribution in [0.25, 0.3) is 0 Å². The predicted octanol–water partition coefficient (Wildman–Crippen LogP) is 2.53. The number of hydrogen-bond donors (Lipinski definition) is 0. The highest BCUT2D eigenvalue weighted by Crippen LogP contribution is 2.29. The number of nitrogens with zero attached hydrogens (tertiary/aromatic N) is 3. The first-order valence-corrected chi connectivity index (χ1v) is 8.87. The van der Waals surface area contributed by atoms with Crippen LogP contribution in [-0.4, -0.2) is 46.6 Å².